The number of aromatic nitrogens is 3. The van der Waals surface area contributed by atoms with Crippen molar-refractivity contribution in [3.05, 3.63) is 59.8 Å². The molecule has 0 radical (unpaired) electrons. The van der Waals surface area contributed by atoms with Crippen molar-refractivity contribution in [2.24, 2.45) is 0 Å². The number of carbonyl (C=O) groups is 1. The molecule has 0 fully saturated rings. The molecule has 0 aliphatic rings. The van der Waals surface area contributed by atoms with Gasteiger partial charge in [0, 0.05) is 6.54 Å². The number of rotatable bonds is 9. The van der Waals surface area contributed by atoms with Gasteiger partial charge in [0.25, 0.3) is 0 Å². The van der Waals surface area contributed by atoms with E-state index >= 15 is 0 Å². The van der Waals surface area contributed by atoms with Crippen LogP contribution < -0.4 is 10.1 Å². The van der Waals surface area contributed by atoms with Crippen molar-refractivity contribution in [3.63, 3.8) is 0 Å². The highest BCUT2D eigenvalue weighted by Crippen LogP contribution is 2.20. The lowest BCUT2D eigenvalue weighted by Crippen LogP contribution is -2.24. The zero-order chi connectivity index (χ0) is 19.1. The summed E-state index contributed by atoms with van der Waals surface area (Å²) in [6, 6.07) is 11.5. The summed E-state index contributed by atoms with van der Waals surface area (Å²) < 4.78 is 13.0. The van der Waals surface area contributed by atoms with Gasteiger partial charge in [-0.3, -0.25) is 4.79 Å². The van der Waals surface area contributed by atoms with Crippen LogP contribution in [0.15, 0.2) is 52.2 Å². The second-order valence-electron chi connectivity index (χ2n) is 5.84. The van der Waals surface area contributed by atoms with Crippen molar-refractivity contribution in [2.75, 3.05) is 5.75 Å². The summed E-state index contributed by atoms with van der Waals surface area (Å²) in [5.74, 6) is 2.46. The van der Waals surface area contributed by atoms with Crippen LogP contribution >= 0.6 is 11.8 Å². The predicted molar refractivity (Wildman–Crippen MR) is 102 cm³/mol. The number of hydrogen-bond donors (Lipinski definition) is 1. The largest absolute Gasteiger partial charge is 0.485 e. The molecule has 3 aromatic rings. The van der Waals surface area contributed by atoms with Gasteiger partial charge in [-0.05, 0) is 37.6 Å². The number of carbonyl (C=O) groups excluding carboxylic acids is 1. The molecule has 3 rings (SSSR count). The highest BCUT2D eigenvalue weighted by molar-refractivity contribution is 7.99. The van der Waals surface area contributed by atoms with Crippen molar-refractivity contribution in [2.45, 2.75) is 38.7 Å². The Labute approximate surface area is 162 Å². The topological polar surface area (TPSA) is 82.2 Å². The van der Waals surface area contributed by atoms with Crippen molar-refractivity contribution >= 4 is 17.7 Å². The average Bonchev–Trinajstić information content (AvgIpc) is 3.33. The second kappa shape index (κ2) is 9.27. The van der Waals surface area contributed by atoms with Crippen LogP contribution in [0.5, 0.6) is 5.75 Å². The number of furan rings is 1. The van der Waals surface area contributed by atoms with Gasteiger partial charge in [-0.25, -0.2) is 0 Å². The molecular weight excluding hydrogens is 364 g/mol. The van der Waals surface area contributed by atoms with E-state index in [9.17, 15) is 4.79 Å². The molecule has 1 amide bonds. The highest BCUT2D eigenvalue weighted by atomic mass is 32.2. The Morgan fingerprint density at radius 2 is 2.11 bits per heavy atom. The normalized spacial score (nSPS) is 10.7. The monoisotopic (exact) mass is 386 g/mol. The Balaban J connectivity index is 1.53. The molecule has 0 bridgehead atoms. The minimum absolute atomic E-state index is 0.0836. The summed E-state index contributed by atoms with van der Waals surface area (Å²) in [6.07, 6.45) is 1.58. The Kier molecular flexibility index (Phi) is 6.54. The van der Waals surface area contributed by atoms with Gasteiger partial charge in [0.15, 0.2) is 11.0 Å². The maximum atomic E-state index is 12.0. The van der Waals surface area contributed by atoms with Gasteiger partial charge in [0.1, 0.15) is 18.1 Å². The molecule has 7 nitrogen and oxygen atoms in total. The molecule has 2 aromatic heterocycles. The average molecular weight is 386 g/mol. The van der Waals surface area contributed by atoms with E-state index in [1.54, 1.807) is 12.3 Å². The van der Waals surface area contributed by atoms with Crippen LogP contribution in [-0.4, -0.2) is 26.4 Å². The smallest absolute Gasteiger partial charge is 0.230 e. The molecule has 0 spiro atoms. The summed E-state index contributed by atoms with van der Waals surface area (Å²) >= 11 is 1.35. The van der Waals surface area contributed by atoms with Crippen LogP contribution in [0.3, 0.4) is 0 Å². The zero-order valence-electron chi connectivity index (χ0n) is 15.3. The van der Waals surface area contributed by atoms with Gasteiger partial charge < -0.3 is 19.0 Å². The van der Waals surface area contributed by atoms with Gasteiger partial charge in [0.2, 0.25) is 5.91 Å². The molecule has 1 N–H and O–H groups in total. The summed E-state index contributed by atoms with van der Waals surface area (Å²) in [7, 11) is 0. The summed E-state index contributed by atoms with van der Waals surface area (Å²) in [5.41, 5.74) is 1.07. The molecule has 8 heteroatoms. The van der Waals surface area contributed by atoms with E-state index in [0.717, 1.165) is 22.9 Å². The lowest BCUT2D eigenvalue weighted by Gasteiger charge is -2.10. The molecule has 0 aliphatic carbocycles. The van der Waals surface area contributed by atoms with Gasteiger partial charge in [-0.2, -0.15) is 0 Å². The van der Waals surface area contributed by atoms with E-state index in [0.29, 0.717) is 24.9 Å². The molecule has 2 heterocycles. The number of benzene rings is 1. The van der Waals surface area contributed by atoms with E-state index in [1.165, 1.54) is 11.8 Å². The molecule has 0 unspecified atom stereocenters. The highest BCUT2D eigenvalue weighted by Gasteiger charge is 2.14. The Morgan fingerprint density at radius 3 is 2.85 bits per heavy atom. The Morgan fingerprint density at radius 1 is 1.26 bits per heavy atom. The quantitative estimate of drug-likeness (QED) is 0.569. The van der Waals surface area contributed by atoms with E-state index in [-0.39, 0.29) is 11.7 Å². The van der Waals surface area contributed by atoms with Crippen LogP contribution in [0.2, 0.25) is 0 Å². The molecule has 27 heavy (non-hydrogen) atoms. The third-order valence-corrected chi connectivity index (χ3v) is 4.90. The minimum atomic E-state index is -0.0836. The zero-order valence-corrected chi connectivity index (χ0v) is 16.2. The maximum Gasteiger partial charge on any atom is 0.230 e. The standard InChI is InChI=1S/C19H22N4O3S/c1-3-23-17(12-26-16-9-5-4-7-14(16)2)21-22-19(23)27-13-18(24)20-11-15-8-6-10-25-15/h4-10H,3,11-13H2,1-2H3,(H,20,24). The van der Waals surface area contributed by atoms with E-state index in [2.05, 4.69) is 15.5 Å². The number of nitrogens with zero attached hydrogens (tertiary/aromatic N) is 3. The Bertz CT molecular complexity index is 877. The number of ether oxygens (including phenoxy) is 1. The summed E-state index contributed by atoms with van der Waals surface area (Å²) in [4.78, 5) is 12.0. The molecular formula is C19H22N4O3S. The Hall–Kier alpha value is -2.74. The first-order valence-electron chi connectivity index (χ1n) is 8.69. The number of nitrogens with one attached hydrogen (secondary N) is 1. The third kappa shape index (κ3) is 5.13. The van der Waals surface area contributed by atoms with Gasteiger partial charge >= 0.3 is 0 Å². The number of amides is 1. The lowest BCUT2D eigenvalue weighted by molar-refractivity contribution is -0.118. The number of para-hydroxylation sites is 1. The molecule has 1 aromatic carbocycles. The molecule has 142 valence electrons. The van der Waals surface area contributed by atoms with Crippen molar-refractivity contribution < 1.29 is 13.9 Å². The van der Waals surface area contributed by atoms with Gasteiger partial charge in [-0.1, -0.05) is 30.0 Å². The molecule has 0 aliphatic heterocycles. The number of aryl methyl sites for hydroxylation is 1. The third-order valence-electron chi connectivity index (χ3n) is 3.93. The summed E-state index contributed by atoms with van der Waals surface area (Å²) in [5, 5.41) is 11.9. The summed E-state index contributed by atoms with van der Waals surface area (Å²) in [6.45, 7) is 5.43. The van der Waals surface area contributed by atoms with Crippen molar-refractivity contribution in [3.8, 4) is 5.75 Å². The number of thioether (sulfide) groups is 1. The van der Waals surface area contributed by atoms with Gasteiger partial charge in [-0.15, -0.1) is 10.2 Å². The SMILES string of the molecule is CCn1c(COc2ccccc2C)nnc1SCC(=O)NCc1ccco1. The van der Waals surface area contributed by atoms with Crippen LogP contribution in [0.1, 0.15) is 24.1 Å². The van der Waals surface area contributed by atoms with Crippen LogP contribution in [0.25, 0.3) is 0 Å². The first-order chi connectivity index (χ1) is 13.2. The fourth-order valence-electron chi connectivity index (χ4n) is 2.49. The predicted octanol–water partition coefficient (Wildman–Crippen LogP) is 3.19. The van der Waals surface area contributed by atoms with E-state index in [1.807, 2.05) is 48.7 Å². The molecule has 0 saturated carbocycles. The van der Waals surface area contributed by atoms with Crippen LogP contribution in [-0.2, 0) is 24.5 Å². The van der Waals surface area contributed by atoms with Gasteiger partial charge in [0.05, 0.1) is 18.6 Å². The number of hydrogen-bond acceptors (Lipinski definition) is 6. The molecule has 0 saturated heterocycles. The second-order valence-corrected chi connectivity index (χ2v) is 6.78. The van der Waals surface area contributed by atoms with E-state index < -0.39 is 0 Å². The van der Waals surface area contributed by atoms with Crippen LogP contribution in [0.4, 0.5) is 0 Å². The van der Waals surface area contributed by atoms with Crippen molar-refractivity contribution in [1.29, 1.82) is 0 Å². The lowest BCUT2D eigenvalue weighted by atomic mass is 10.2. The van der Waals surface area contributed by atoms with Crippen LogP contribution in [0, 0.1) is 6.92 Å². The first-order valence-corrected chi connectivity index (χ1v) is 9.68. The maximum absolute atomic E-state index is 12.0. The first kappa shape index (κ1) is 19.0. The molecule has 0 atom stereocenters. The van der Waals surface area contributed by atoms with E-state index in [4.69, 9.17) is 9.15 Å². The minimum Gasteiger partial charge on any atom is -0.485 e. The van der Waals surface area contributed by atoms with Crippen molar-refractivity contribution in [1.82, 2.24) is 20.1 Å². The fraction of sp³-hybridized carbons (Fsp3) is 0.316. The fourth-order valence-corrected chi connectivity index (χ4v) is 3.34.